The number of anilines is 1. The highest BCUT2D eigenvalue weighted by Crippen LogP contribution is 2.21. The average molecular weight is 363 g/mol. The summed E-state index contributed by atoms with van der Waals surface area (Å²) >= 11 is 0. The predicted molar refractivity (Wildman–Crippen MR) is 92.9 cm³/mol. The molecule has 0 atom stereocenters. The topological polar surface area (TPSA) is 92.5 Å². The Morgan fingerprint density at radius 1 is 1.12 bits per heavy atom. The number of carbonyl (C=O) groups excluding carboxylic acids is 1. The Labute approximate surface area is 147 Å². The minimum absolute atomic E-state index is 0.211. The van der Waals surface area contributed by atoms with Gasteiger partial charge in [0.05, 0.1) is 4.90 Å². The number of rotatable bonds is 4. The highest BCUT2D eigenvalue weighted by Gasteiger charge is 2.25. The number of nitrogens with one attached hydrogen (secondary N) is 1. The van der Waals surface area contributed by atoms with E-state index in [4.69, 9.17) is 4.52 Å². The van der Waals surface area contributed by atoms with Gasteiger partial charge in [-0.1, -0.05) is 18.0 Å². The molecule has 0 saturated carbocycles. The van der Waals surface area contributed by atoms with Gasteiger partial charge in [0, 0.05) is 24.7 Å². The van der Waals surface area contributed by atoms with E-state index in [-0.39, 0.29) is 10.8 Å². The van der Waals surface area contributed by atoms with Crippen molar-refractivity contribution in [1.82, 2.24) is 9.46 Å². The molecule has 8 heteroatoms. The molecular weight excluding hydrogens is 342 g/mol. The van der Waals surface area contributed by atoms with Gasteiger partial charge in [0.15, 0.2) is 5.82 Å². The summed E-state index contributed by atoms with van der Waals surface area (Å²) < 4.78 is 31.9. The van der Waals surface area contributed by atoms with Gasteiger partial charge in [-0.25, -0.2) is 8.42 Å². The van der Waals surface area contributed by atoms with Gasteiger partial charge in [0.2, 0.25) is 10.0 Å². The average Bonchev–Trinajstić information content (AvgIpc) is 2.85. The van der Waals surface area contributed by atoms with E-state index < -0.39 is 10.0 Å². The summed E-state index contributed by atoms with van der Waals surface area (Å²) in [6, 6.07) is 7.57. The van der Waals surface area contributed by atoms with E-state index in [1.165, 1.54) is 28.6 Å². The Balaban J connectivity index is 1.73. The Bertz CT molecular complexity index is 835. The highest BCUT2D eigenvalue weighted by molar-refractivity contribution is 7.89. The molecule has 2 heterocycles. The van der Waals surface area contributed by atoms with Crippen LogP contribution >= 0.6 is 0 Å². The monoisotopic (exact) mass is 363 g/mol. The molecule has 1 aromatic heterocycles. The standard InChI is InChI=1S/C17H21N3O4S/c1-13-12-16(19-24-13)18-17(21)14-6-8-15(9-7-14)25(22,23)20-10-4-2-3-5-11-20/h6-9,12H,2-5,10-11H2,1H3,(H,18,19,21). The molecule has 1 aliphatic heterocycles. The van der Waals surface area contributed by atoms with Crippen LogP contribution in [0.15, 0.2) is 39.8 Å². The van der Waals surface area contributed by atoms with Crippen LogP contribution in [0.25, 0.3) is 0 Å². The Kier molecular flexibility index (Phi) is 5.19. The van der Waals surface area contributed by atoms with Crippen molar-refractivity contribution in [2.75, 3.05) is 18.4 Å². The lowest BCUT2D eigenvalue weighted by Crippen LogP contribution is -2.31. The van der Waals surface area contributed by atoms with Crippen molar-refractivity contribution in [3.63, 3.8) is 0 Å². The largest absolute Gasteiger partial charge is 0.360 e. The fraction of sp³-hybridized carbons (Fsp3) is 0.412. The molecule has 3 rings (SSSR count). The Hall–Kier alpha value is -2.19. The third-order valence-corrected chi connectivity index (χ3v) is 6.10. The molecule has 1 aliphatic rings. The van der Waals surface area contributed by atoms with Gasteiger partial charge in [0.25, 0.3) is 5.91 Å². The Morgan fingerprint density at radius 2 is 1.76 bits per heavy atom. The molecule has 7 nitrogen and oxygen atoms in total. The zero-order valence-corrected chi connectivity index (χ0v) is 14.9. The van der Waals surface area contributed by atoms with Crippen molar-refractivity contribution < 1.29 is 17.7 Å². The maximum atomic E-state index is 12.7. The minimum atomic E-state index is -3.51. The fourth-order valence-corrected chi connectivity index (χ4v) is 4.34. The van der Waals surface area contributed by atoms with Gasteiger partial charge in [-0.15, -0.1) is 0 Å². The number of aryl methyl sites for hydroxylation is 1. The van der Waals surface area contributed by atoms with Gasteiger partial charge in [0.1, 0.15) is 5.76 Å². The van der Waals surface area contributed by atoms with Gasteiger partial charge in [-0.05, 0) is 44.0 Å². The highest BCUT2D eigenvalue weighted by atomic mass is 32.2. The van der Waals surface area contributed by atoms with E-state index in [2.05, 4.69) is 10.5 Å². The predicted octanol–water partition coefficient (Wildman–Crippen LogP) is 2.80. The van der Waals surface area contributed by atoms with Crippen LogP contribution in [0.4, 0.5) is 5.82 Å². The summed E-state index contributed by atoms with van der Waals surface area (Å²) in [6.45, 7) is 2.83. The third kappa shape index (κ3) is 4.08. The molecule has 2 aromatic rings. The molecule has 1 saturated heterocycles. The van der Waals surface area contributed by atoms with Crippen molar-refractivity contribution in [2.24, 2.45) is 0 Å². The SMILES string of the molecule is Cc1cc(NC(=O)c2ccc(S(=O)(=O)N3CCCCCC3)cc2)no1. The molecule has 0 aliphatic carbocycles. The van der Waals surface area contributed by atoms with Gasteiger partial charge in [-0.3, -0.25) is 4.79 Å². The van der Waals surface area contributed by atoms with Crippen molar-refractivity contribution >= 4 is 21.7 Å². The quantitative estimate of drug-likeness (QED) is 0.902. The summed E-state index contributed by atoms with van der Waals surface area (Å²) in [6.07, 6.45) is 3.90. The van der Waals surface area contributed by atoms with Crippen LogP contribution in [-0.4, -0.2) is 36.9 Å². The lowest BCUT2D eigenvalue weighted by atomic mass is 10.2. The zero-order valence-electron chi connectivity index (χ0n) is 14.1. The second-order valence-electron chi connectivity index (χ2n) is 6.12. The van der Waals surface area contributed by atoms with Crippen LogP contribution in [0.1, 0.15) is 41.8 Å². The maximum absolute atomic E-state index is 12.7. The van der Waals surface area contributed by atoms with Crippen LogP contribution < -0.4 is 5.32 Å². The normalized spacial score (nSPS) is 16.4. The Morgan fingerprint density at radius 3 is 2.32 bits per heavy atom. The van der Waals surface area contributed by atoms with E-state index in [0.29, 0.717) is 30.2 Å². The number of hydrogen-bond donors (Lipinski definition) is 1. The molecule has 1 amide bonds. The smallest absolute Gasteiger partial charge is 0.256 e. The number of nitrogens with zero attached hydrogens (tertiary/aromatic N) is 2. The molecule has 134 valence electrons. The molecule has 0 bridgehead atoms. The number of carbonyl (C=O) groups is 1. The number of aromatic nitrogens is 1. The summed E-state index contributed by atoms with van der Waals surface area (Å²) in [5.41, 5.74) is 0.357. The van der Waals surface area contributed by atoms with Crippen LogP contribution in [0.2, 0.25) is 0 Å². The van der Waals surface area contributed by atoms with E-state index in [0.717, 1.165) is 25.7 Å². The lowest BCUT2D eigenvalue weighted by Gasteiger charge is -2.20. The first-order valence-corrected chi connectivity index (χ1v) is 9.76. The first-order valence-electron chi connectivity index (χ1n) is 8.32. The number of sulfonamides is 1. The van der Waals surface area contributed by atoms with Crippen LogP contribution in [-0.2, 0) is 10.0 Å². The van der Waals surface area contributed by atoms with Crippen molar-refractivity contribution in [1.29, 1.82) is 0 Å². The number of benzene rings is 1. The van der Waals surface area contributed by atoms with E-state index in [1.54, 1.807) is 13.0 Å². The molecule has 0 spiro atoms. The zero-order chi connectivity index (χ0) is 17.9. The van der Waals surface area contributed by atoms with Crippen molar-refractivity contribution in [3.05, 3.63) is 41.7 Å². The minimum Gasteiger partial charge on any atom is -0.360 e. The number of amides is 1. The fourth-order valence-electron chi connectivity index (χ4n) is 2.82. The van der Waals surface area contributed by atoms with Gasteiger partial charge >= 0.3 is 0 Å². The second-order valence-corrected chi connectivity index (χ2v) is 8.06. The molecule has 0 radical (unpaired) electrons. The molecular formula is C17H21N3O4S. The van der Waals surface area contributed by atoms with Gasteiger partial charge in [-0.2, -0.15) is 4.31 Å². The third-order valence-electron chi connectivity index (χ3n) is 4.19. The van der Waals surface area contributed by atoms with Crippen molar-refractivity contribution in [2.45, 2.75) is 37.5 Å². The molecule has 1 aromatic carbocycles. The summed E-state index contributed by atoms with van der Waals surface area (Å²) in [7, 11) is -3.51. The molecule has 0 unspecified atom stereocenters. The van der Waals surface area contributed by atoms with Gasteiger partial charge < -0.3 is 9.84 Å². The first kappa shape index (κ1) is 17.6. The van der Waals surface area contributed by atoms with Crippen LogP contribution in [0.5, 0.6) is 0 Å². The summed E-state index contributed by atoms with van der Waals surface area (Å²) in [5.74, 6) is 0.546. The summed E-state index contributed by atoms with van der Waals surface area (Å²) in [5, 5.41) is 6.30. The lowest BCUT2D eigenvalue weighted by molar-refractivity contribution is 0.102. The van der Waals surface area contributed by atoms with E-state index >= 15 is 0 Å². The summed E-state index contributed by atoms with van der Waals surface area (Å²) in [4.78, 5) is 12.4. The van der Waals surface area contributed by atoms with Crippen molar-refractivity contribution in [3.8, 4) is 0 Å². The van der Waals surface area contributed by atoms with E-state index in [1.807, 2.05) is 0 Å². The molecule has 25 heavy (non-hydrogen) atoms. The molecule has 1 N–H and O–H groups in total. The number of hydrogen-bond acceptors (Lipinski definition) is 5. The van der Waals surface area contributed by atoms with Crippen LogP contribution in [0.3, 0.4) is 0 Å². The first-order chi connectivity index (χ1) is 12.0. The molecule has 1 fully saturated rings. The van der Waals surface area contributed by atoms with E-state index in [9.17, 15) is 13.2 Å². The van der Waals surface area contributed by atoms with Crippen LogP contribution in [0, 0.1) is 6.92 Å². The second kappa shape index (κ2) is 7.37. The maximum Gasteiger partial charge on any atom is 0.256 e.